The lowest BCUT2D eigenvalue weighted by molar-refractivity contribution is 0.0955. The lowest BCUT2D eigenvalue weighted by Crippen LogP contribution is -2.26. The standard InChI is InChI=1S/C10H17N3O4S/c1-11-10(14)9-6-8(7-13(9)2)18(15,16)12-4-5-17-3/h6-7,12H,4-5H2,1-3H3,(H,11,14). The zero-order valence-electron chi connectivity index (χ0n) is 10.6. The van der Waals surface area contributed by atoms with E-state index >= 15 is 0 Å². The lowest BCUT2D eigenvalue weighted by Gasteiger charge is -2.03. The van der Waals surface area contributed by atoms with Crippen LogP contribution in [0.5, 0.6) is 0 Å². The number of hydrogen-bond donors (Lipinski definition) is 2. The predicted molar refractivity (Wildman–Crippen MR) is 65.9 cm³/mol. The summed E-state index contributed by atoms with van der Waals surface area (Å²) in [7, 11) is 0.976. The van der Waals surface area contributed by atoms with E-state index < -0.39 is 10.0 Å². The largest absolute Gasteiger partial charge is 0.383 e. The van der Waals surface area contributed by atoms with E-state index in [2.05, 4.69) is 10.0 Å². The molecule has 1 amide bonds. The van der Waals surface area contributed by atoms with Gasteiger partial charge in [0.05, 0.1) is 6.61 Å². The Labute approximate surface area is 106 Å². The van der Waals surface area contributed by atoms with Crippen LogP contribution < -0.4 is 10.0 Å². The summed E-state index contributed by atoms with van der Waals surface area (Å²) in [4.78, 5) is 11.5. The highest BCUT2D eigenvalue weighted by Crippen LogP contribution is 2.13. The molecule has 102 valence electrons. The van der Waals surface area contributed by atoms with Crippen molar-refractivity contribution >= 4 is 15.9 Å². The Bertz CT molecular complexity index is 521. The summed E-state index contributed by atoms with van der Waals surface area (Å²) in [5.41, 5.74) is 0.282. The van der Waals surface area contributed by atoms with Crippen LogP contribution in [-0.4, -0.2) is 46.2 Å². The van der Waals surface area contributed by atoms with Crippen LogP contribution in [0.15, 0.2) is 17.2 Å². The number of hydrogen-bond acceptors (Lipinski definition) is 4. The molecule has 1 heterocycles. The minimum atomic E-state index is -3.61. The maximum atomic E-state index is 11.9. The molecule has 1 aromatic heterocycles. The van der Waals surface area contributed by atoms with Crippen LogP contribution in [0.25, 0.3) is 0 Å². The van der Waals surface area contributed by atoms with E-state index in [0.717, 1.165) is 0 Å². The van der Waals surface area contributed by atoms with Crippen LogP contribution in [0.2, 0.25) is 0 Å². The Hall–Kier alpha value is -1.38. The molecule has 1 rings (SSSR count). The van der Waals surface area contributed by atoms with Gasteiger partial charge in [0.1, 0.15) is 10.6 Å². The van der Waals surface area contributed by atoms with E-state index in [1.807, 2.05) is 0 Å². The summed E-state index contributed by atoms with van der Waals surface area (Å²) in [6.07, 6.45) is 1.39. The first-order valence-electron chi connectivity index (χ1n) is 5.29. The zero-order chi connectivity index (χ0) is 13.8. The highest BCUT2D eigenvalue weighted by Gasteiger charge is 2.19. The SMILES string of the molecule is CNC(=O)c1cc(S(=O)(=O)NCCOC)cn1C. The van der Waals surface area contributed by atoms with Crippen molar-refractivity contribution in [1.82, 2.24) is 14.6 Å². The van der Waals surface area contributed by atoms with Crippen LogP contribution in [0.4, 0.5) is 0 Å². The Kier molecular flexibility index (Phi) is 4.88. The molecule has 7 nitrogen and oxygen atoms in total. The predicted octanol–water partition coefficient (Wildman–Crippen LogP) is -0.691. The number of aryl methyl sites for hydroxylation is 1. The molecule has 0 aliphatic carbocycles. The highest BCUT2D eigenvalue weighted by molar-refractivity contribution is 7.89. The second-order valence-corrected chi connectivity index (χ2v) is 5.41. The Balaban J connectivity index is 2.93. The molecule has 2 N–H and O–H groups in total. The first-order chi connectivity index (χ1) is 8.42. The van der Waals surface area contributed by atoms with Crippen molar-refractivity contribution < 1.29 is 17.9 Å². The molecule has 0 fully saturated rings. The van der Waals surface area contributed by atoms with Gasteiger partial charge >= 0.3 is 0 Å². The van der Waals surface area contributed by atoms with Gasteiger partial charge in [-0.25, -0.2) is 13.1 Å². The normalized spacial score (nSPS) is 11.5. The van der Waals surface area contributed by atoms with Gasteiger partial charge in [0, 0.05) is 33.9 Å². The summed E-state index contributed by atoms with van der Waals surface area (Å²) >= 11 is 0. The number of carbonyl (C=O) groups excluding carboxylic acids is 1. The Morgan fingerprint density at radius 2 is 2.17 bits per heavy atom. The topological polar surface area (TPSA) is 89.4 Å². The third kappa shape index (κ3) is 3.31. The smallest absolute Gasteiger partial charge is 0.267 e. The number of rotatable bonds is 6. The molecule has 0 unspecified atom stereocenters. The third-order valence-corrected chi connectivity index (χ3v) is 3.78. The van der Waals surface area contributed by atoms with Crippen LogP contribution in [0, 0.1) is 0 Å². The van der Waals surface area contributed by atoms with Crippen molar-refractivity contribution in [2.24, 2.45) is 7.05 Å². The minimum Gasteiger partial charge on any atom is -0.383 e. The van der Waals surface area contributed by atoms with Gasteiger partial charge in [0.25, 0.3) is 5.91 Å². The zero-order valence-corrected chi connectivity index (χ0v) is 11.4. The molecule has 0 atom stereocenters. The number of carbonyl (C=O) groups is 1. The van der Waals surface area contributed by atoms with Crippen molar-refractivity contribution in [3.8, 4) is 0 Å². The molecular weight excluding hydrogens is 258 g/mol. The van der Waals surface area contributed by atoms with Crippen LogP contribution in [0.3, 0.4) is 0 Å². The first-order valence-corrected chi connectivity index (χ1v) is 6.77. The van der Waals surface area contributed by atoms with E-state index in [0.29, 0.717) is 0 Å². The molecule has 8 heteroatoms. The molecule has 0 saturated heterocycles. The molecular formula is C10H17N3O4S. The summed E-state index contributed by atoms with van der Waals surface area (Å²) in [5, 5.41) is 2.44. The lowest BCUT2D eigenvalue weighted by atomic mass is 10.4. The van der Waals surface area contributed by atoms with Gasteiger partial charge < -0.3 is 14.6 Å². The van der Waals surface area contributed by atoms with Gasteiger partial charge in [-0.05, 0) is 6.07 Å². The van der Waals surface area contributed by atoms with E-state index in [4.69, 9.17) is 4.74 Å². The number of methoxy groups -OCH3 is 1. The van der Waals surface area contributed by atoms with Crippen molar-refractivity contribution in [2.45, 2.75) is 4.90 Å². The summed E-state index contributed by atoms with van der Waals surface area (Å²) in [5.74, 6) is -0.337. The van der Waals surface area contributed by atoms with E-state index in [-0.39, 0.29) is 29.6 Å². The number of sulfonamides is 1. The van der Waals surface area contributed by atoms with Crippen LogP contribution in [0.1, 0.15) is 10.5 Å². The van der Waals surface area contributed by atoms with E-state index in [9.17, 15) is 13.2 Å². The fourth-order valence-corrected chi connectivity index (χ4v) is 2.48. The fraction of sp³-hybridized carbons (Fsp3) is 0.500. The molecule has 18 heavy (non-hydrogen) atoms. The second kappa shape index (κ2) is 5.98. The molecule has 0 radical (unpaired) electrons. The minimum absolute atomic E-state index is 0.0553. The molecule has 1 aromatic rings. The van der Waals surface area contributed by atoms with Crippen LogP contribution in [-0.2, 0) is 21.8 Å². The third-order valence-electron chi connectivity index (χ3n) is 2.35. The average Bonchev–Trinajstić information content (AvgIpc) is 2.71. The summed E-state index contributed by atoms with van der Waals surface area (Å²) in [6.45, 7) is 0.470. The number of ether oxygens (including phenoxy) is 1. The maximum Gasteiger partial charge on any atom is 0.267 e. The Morgan fingerprint density at radius 1 is 1.50 bits per heavy atom. The monoisotopic (exact) mass is 275 g/mol. The van der Waals surface area contributed by atoms with Gasteiger partial charge in [-0.2, -0.15) is 0 Å². The van der Waals surface area contributed by atoms with Crippen molar-refractivity contribution in [3.63, 3.8) is 0 Å². The maximum absolute atomic E-state index is 11.9. The highest BCUT2D eigenvalue weighted by atomic mass is 32.2. The van der Waals surface area contributed by atoms with Crippen LogP contribution >= 0.6 is 0 Å². The Morgan fingerprint density at radius 3 is 2.72 bits per heavy atom. The van der Waals surface area contributed by atoms with Gasteiger partial charge in [-0.15, -0.1) is 0 Å². The number of aromatic nitrogens is 1. The summed E-state index contributed by atoms with van der Waals surface area (Å²) < 4.78 is 32.3. The summed E-state index contributed by atoms with van der Waals surface area (Å²) in [6, 6.07) is 1.33. The average molecular weight is 275 g/mol. The molecule has 0 bridgehead atoms. The van der Waals surface area contributed by atoms with Crippen molar-refractivity contribution in [3.05, 3.63) is 18.0 Å². The van der Waals surface area contributed by atoms with Crippen molar-refractivity contribution in [2.75, 3.05) is 27.3 Å². The molecule has 0 aliphatic rings. The number of amides is 1. The van der Waals surface area contributed by atoms with E-state index in [1.165, 1.54) is 31.0 Å². The fourth-order valence-electron chi connectivity index (χ4n) is 1.40. The van der Waals surface area contributed by atoms with E-state index in [1.54, 1.807) is 7.05 Å². The number of nitrogens with one attached hydrogen (secondary N) is 2. The van der Waals surface area contributed by atoms with Gasteiger partial charge in [0.2, 0.25) is 10.0 Å². The molecule has 0 saturated carbocycles. The van der Waals surface area contributed by atoms with Gasteiger partial charge in [-0.1, -0.05) is 0 Å². The van der Waals surface area contributed by atoms with Gasteiger partial charge in [-0.3, -0.25) is 4.79 Å². The first kappa shape index (κ1) is 14.7. The second-order valence-electron chi connectivity index (χ2n) is 3.64. The number of nitrogens with zero attached hydrogens (tertiary/aromatic N) is 1. The molecule has 0 aliphatic heterocycles. The quantitative estimate of drug-likeness (QED) is 0.672. The van der Waals surface area contributed by atoms with Crippen molar-refractivity contribution in [1.29, 1.82) is 0 Å². The van der Waals surface area contributed by atoms with Gasteiger partial charge in [0.15, 0.2) is 0 Å². The molecule has 0 aromatic carbocycles. The molecule has 0 spiro atoms.